The van der Waals surface area contributed by atoms with Crippen molar-refractivity contribution in [3.05, 3.63) is 48.5 Å². The molecule has 134 valence electrons. The number of anilines is 2. The number of halogens is 3. The van der Waals surface area contributed by atoms with Gasteiger partial charge in [0, 0.05) is 44.0 Å². The average molecular weight is 360 g/mol. The van der Waals surface area contributed by atoms with Gasteiger partial charge in [0.25, 0.3) is 0 Å². The van der Waals surface area contributed by atoms with E-state index in [2.05, 4.69) is 19.9 Å². The largest absolute Gasteiger partial charge is 0.451 e. The summed E-state index contributed by atoms with van der Waals surface area (Å²) < 4.78 is 39.5. The lowest BCUT2D eigenvalue weighted by Crippen LogP contribution is -2.47. The topological polar surface area (TPSA) is 58.0 Å². The van der Waals surface area contributed by atoms with Crippen molar-refractivity contribution in [2.45, 2.75) is 6.18 Å². The Kier molecular flexibility index (Phi) is 4.06. The first-order chi connectivity index (χ1) is 12.5. The number of hydrogen-bond donors (Lipinski definition) is 0. The van der Waals surface area contributed by atoms with Crippen molar-refractivity contribution >= 4 is 22.7 Å². The van der Waals surface area contributed by atoms with E-state index in [1.165, 1.54) is 0 Å². The molecule has 0 spiro atoms. The smallest absolute Gasteiger partial charge is 0.352 e. The van der Waals surface area contributed by atoms with Gasteiger partial charge < -0.3 is 9.80 Å². The van der Waals surface area contributed by atoms with E-state index in [-0.39, 0.29) is 0 Å². The molecule has 9 heteroatoms. The predicted molar refractivity (Wildman–Crippen MR) is 91.0 cm³/mol. The van der Waals surface area contributed by atoms with E-state index in [1.54, 1.807) is 42.7 Å². The Balaban J connectivity index is 1.65. The van der Waals surface area contributed by atoms with Crippen LogP contribution in [-0.4, -0.2) is 46.1 Å². The minimum absolute atomic E-state index is 0.290. The van der Waals surface area contributed by atoms with Crippen LogP contribution in [0.4, 0.5) is 24.9 Å². The molecule has 26 heavy (non-hydrogen) atoms. The summed E-state index contributed by atoms with van der Waals surface area (Å²) in [5.41, 5.74) is 0.290. The van der Waals surface area contributed by atoms with Crippen LogP contribution in [0.1, 0.15) is 5.82 Å². The third-order valence-electron chi connectivity index (χ3n) is 4.25. The molecule has 1 fully saturated rings. The first-order valence-corrected chi connectivity index (χ1v) is 8.13. The molecule has 0 atom stereocenters. The van der Waals surface area contributed by atoms with E-state index < -0.39 is 12.0 Å². The van der Waals surface area contributed by atoms with E-state index in [9.17, 15) is 13.2 Å². The number of rotatable bonds is 2. The van der Waals surface area contributed by atoms with Crippen LogP contribution in [0, 0.1) is 0 Å². The molecule has 4 rings (SSSR count). The lowest BCUT2D eigenvalue weighted by Gasteiger charge is -2.35. The molecule has 1 aliphatic rings. The highest BCUT2D eigenvalue weighted by Crippen LogP contribution is 2.32. The van der Waals surface area contributed by atoms with E-state index in [0.717, 1.165) is 0 Å². The molecule has 3 aromatic rings. The zero-order valence-electron chi connectivity index (χ0n) is 13.7. The number of hydrogen-bond acceptors (Lipinski definition) is 6. The second-order valence-corrected chi connectivity index (χ2v) is 5.91. The molecule has 6 nitrogen and oxygen atoms in total. The van der Waals surface area contributed by atoms with Crippen LogP contribution in [-0.2, 0) is 6.18 Å². The van der Waals surface area contributed by atoms with Crippen LogP contribution in [0.25, 0.3) is 10.9 Å². The fourth-order valence-corrected chi connectivity index (χ4v) is 3.00. The highest BCUT2D eigenvalue weighted by molar-refractivity contribution is 5.89. The fourth-order valence-electron chi connectivity index (χ4n) is 3.00. The maximum absolute atomic E-state index is 13.2. The second-order valence-electron chi connectivity index (χ2n) is 5.91. The molecule has 1 aliphatic heterocycles. The van der Waals surface area contributed by atoms with Crippen molar-refractivity contribution in [3.63, 3.8) is 0 Å². The molecule has 0 amide bonds. The van der Waals surface area contributed by atoms with Crippen LogP contribution < -0.4 is 9.80 Å². The molecule has 1 saturated heterocycles. The Morgan fingerprint density at radius 1 is 0.808 bits per heavy atom. The second kappa shape index (κ2) is 6.40. The van der Waals surface area contributed by atoms with Gasteiger partial charge in [-0.1, -0.05) is 12.1 Å². The number of fused-ring (bicyclic) bond motifs is 1. The summed E-state index contributed by atoms with van der Waals surface area (Å²) in [6, 6.07) is 8.51. The highest BCUT2D eigenvalue weighted by atomic mass is 19.4. The minimum atomic E-state index is -4.58. The Bertz CT molecular complexity index is 907. The summed E-state index contributed by atoms with van der Waals surface area (Å²) in [5, 5.41) is 0.616. The average Bonchev–Trinajstić information content (AvgIpc) is 2.67. The quantitative estimate of drug-likeness (QED) is 0.700. The summed E-state index contributed by atoms with van der Waals surface area (Å²) in [6.07, 6.45) is -1.25. The number of para-hydroxylation sites is 1. The molecule has 0 saturated carbocycles. The summed E-state index contributed by atoms with van der Waals surface area (Å²) in [7, 11) is 0. The van der Waals surface area contributed by atoms with Gasteiger partial charge in [-0.25, -0.2) is 19.9 Å². The molecule has 0 radical (unpaired) electrons. The molecule has 0 bridgehead atoms. The zero-order valence-corrected chi connectivity index (χ0v) is 13.7. The standard InChI is InChI=1S/C17H15F3N6/c18-17(19,20)15-23-13-5-2-1-4-12(13)14(24-15)25-8-10-26(11-9-25)16-21-6-3-7-22-16/h1-7H,8-11H2. The van der Waals surface area contributed by atoms with Gasteiger partial charge in [-0.05, 0) is 18.2 Å². The predicted octanol–water partition coefficient (Wildman–Crippen LogP) is 2.77. The van der Waals surface area contributed by atoms with E-state index >= 15 is 0 Å². The number of aromatic nitrogens is 4. The van der Waals surface area contributed by atoms with Gasteiger partial charge in [0.1, 0.15) is 5.82 Å². The van der Waals surface area contributed by atoms with Crippen molar-refractivity contribution in [1.29, 1.82) is 0 Å². The maximum Gasteiger partial charge on any atom is 0.451 e. The maximum atomic E-state index is 13.2. The molecule has 2 aromatic heterocycles. The lowest BCUT2D eigenvalue weighted by molar-refractivity contribution is -0.144. The van der Waals surface area contributed by atoms with Crippen LogP contribution in [0.3, 0.4) is 0 Å². The Labute approximate surface area is 147 Å². The van der Waals surface area contributed by atoms with Crippen molar-refractivity contribution < 1.29 is 13.2 Å². The van der Waals surface area contributed by atoms with E-state index in [0.29, 0.717) is 48.8 Å². The number of benzene rings is 1. The molecular formula is C17H15F3N6. The van der Waals surface area contributed by atoms with Crippen molar-refractivity contribution in [2.24, 2.45) is 0 Å². The number of alkyl halides is 3. The van der Waals surface area contributed by atoms with Gasteiger partial charge >= 0.3 is 6.18 Å². The molecule has 0 aliphatic carbocycles. The molecule has 3 heterocycles. The number of nitrogens with zero attached hydrogens (tertiary/aromatic N) is 6. The van der Waals surface area contributed by atoms with Crippen molar-refractivity contribution in [2.75, 3.05) is 36.0 Å². The molecule has 0 N–H and O–H groups in total. The van der Waals surface area contributed by atoms with Gasteiger partial charge in [-0.3, -0.25) is 0 Å². The minimum Gasteiger partial charge on any atom is -0.352 e. The third kappa shape index (κ3) is 3.12. The molecular weight excluding hydrogens is 345 g/mol. The Morgan fingerprint density at radius 2 is 1.46 bits per heavy atom. The summed E-state index contributed by atoms with van der Waals surface area (Å²) >= 11 is 0. The Hall–Kier alpha value is -2.97. The number of piperazine rings is 1. The van der Waals surface area contributed by atoms with E-state index in [1.807, 2.05) is 9.80 Å². The molecule has 0 unspecified atom stereocenters. The van der Waals surface area contributed by atoms with Gasteiger partial charge in [0.15, 0.2) is 0 Å². The molecule has 1 aromatic carbocycles. The first kappa shape index (κ1) is 16.5. The van der Waals surface area contributed by atoms with E-state index in [4.69, 9.17) is 0 Å². The van der Waals surface area contributed by atoms with Gasteiger partial charge in [0.2, 0.25) is 11.8 Å². The third-order valence-corrected chi connectivity index (χ3v) is 4.25. The summed E-state index contributed by atoms with van der Waals surface area (Å²) in [4.78, 5) is 19.8. The van der Waals surface area contributed by atoms with Crippen LogP contribution in [0.5, 0.6) is 0 Å². The normalized spacial score (nSPS) is 15.5. The van der Waals surface area contributed by atoms with Gasteiger partial charge in [-0.15, -0.1) is 0 Å². The van der Waals surface area contributed by atoms with Gasteiger partial charge in [-0.2, -0.15) is 13.2 Å². The van der Waals surface area contributed by atoms with Crippen LogP contribution in [0.2, 0.25) is 0 Å². The highest BCUT2D eigenvalue weighted by Gasteiger charge is 2.36. The monoisotopic (exact) mass is 360 g/mol. The zero-order chi connectivity index (χ0) is 18.1. The fraction of sp³-hybridized carbons (Fsp3) is 0.294. The van der Waals surface area contributed by atoms with Crippen molar-refractivity contribution in [1.82, 2.24) is 19.9 Å². The SMILES string of the molecule is FC(F)(F)c1nc(N2CCN(c3ncccn3)CC2)c2ccccc2n1. The first-order valence-electron chi connectivity index (χ1n) is 8.13. The van der Waals surface area contributed by atoms with Crippen LogP contribution in [0.15, 0.2) is 42.7 Å². The summed E-state index contributed by atoms with van der Waals surface area (Å²) in [6.45, 7) is 2.25. The van der Waals surface area contributed by atoms with Gasteiger partial charge in [0.05, 0.1) is 5.52 Å². The van der Waals surface area contributed by atoms with Crippen LogP contribution >= 0.6 is 0 Å². The summed E-state index contributed by atoms with van der Waals surface area (Å²) in [5.74, 6) is -0.174. The van der Waals surface area contributed by atoms with Crippen molar-refractivity contribution in [3.8, 4) is 0 Å². The lowest BCUT2D eigenvalue weighted by atomic mass is 10.2. The Morgan fingerprint density at radius 3 is 2.15 bits per heavy atom.